The van der Waals surface area contributed by atoms with Gasteiger partial charge in [-0.3, -0.25) is 9.69 Å². The highest BCUT2D eigenvalue weighted by atomic mass is 32.1. The minimum atomic E-state index is -0.253. The molecule has 1 amide bonds. The monoisotopic (exact) mass is 291 g/mol. The third-order valence-electron chi connectivity index (χ3n) is 3.55. The number of nitrogens with two attached hydrogens (primary N) is 2. The molecular formula is C15H21N3OS. The largest absolute Gasteiger partial charge is 0.369 e. The number of carbonyl (C=O) groups excluding carboxylic acids is 1. The van der Waals surface area contributed by atoms with Crippen molar-refractivity contribution >= 4 is 17.2 Å². The van der Waals surface area contributed by atoms with Gasteiger partial charge in [0, 0.05) is 28.4 Å². The van der Waals surface area contributed by atoms with E-state index in [0.29, 0.717) is 19.1 Å². The summed E-state index contributed by atoms with van der Waals surface area (Å²) >= 11 is 1.68. The van der Waals surface area contributed by atoms with Gasteiger partial charge in [0.1, 0.15) is 0 Å². The van der Waals surface area contributed by atoms with Crippen molar-refractivity contribution in [2.45, 2.75) is 38.3 Å². The molecule has 0 saturated heterocycles. The van der Waals surface area contributed by atoms with Gasteiger partial charge in [0.05, 0.1) is 13.1 Å². The standard InChI is InChI=1S/C15H21N3OS/c16-7-3-4-12-8-14(20-11-12)9-18(10-15(17)19)13-5-1-2-6-13/h8,11,13H,1-2,5-7,9-10,16H2,(H2,17,19). The smallest absolute Gasteiger partial charge is 0.231 e. The van der Waals surface area contributed by atoms with Gasteiger partial charge in [-0.15, -0.1) is 11.3 Å². The molecule has 0 aliphatic heterocycles. The summed E-state index contributed by atoms with van der Waals surface area (Å²) in [6, 6.07) is 2.57. The van der Waals surface area contributed by atoms with E-state index in [2.05, 4.69) is 22.8 Å². The molecule has 1 heterocycles. The van der Waals surface area contributed by atoms with Crippen LogP contribution in [0.25, 0.3) is 0 Å². The van der Waals surface area contributed by atoms with E-state index < -0.39 is 0 Å². The number of primary amides is 1. The lowest BCUT2D eigenvalue weighted by Crippen LogP contribution is -2.39. The topological polar surface area (TPSA) is 72.3 Å². The third-order valence-corrected chi connectivity index (χ3v) is 4.47. The van der Waals surface area contributed by atoms with Crippen LogP contribution in [-0.4, -0.2) is 29.9 Å². The maximum absolute atomic E-state index is 11.3. The molecule has 108 valence electrons. The Morgan fingerprint density at radius 2 is 2.20 bits per heavy atom. The minimum Gasteiger partial charge on any atom is -0.369 e. The van der Waals surface area contributed by atoms with Crippen LogP contribution in [-0.2, 0) is 11.3 Å². The first-order chi connectivity index (χ1) is 9.69. The Labute approximate surface area is 124 Å². The predicted octanol–water partition coefficient (Wildman–Crippen LogP) is 1.29. The second kappa shape index (κ2) is 7.44. The van der Waals surface area contributed by atoms with E-state index in [1.54, 1.807) is 11.3 Å². The molecule has 1 aromatic rings. The van der Waals surface area contributed by atoms with Crippen molar-refractivity contribution in [3.05, 3.63) is 21.9 Å². The van der Waals surface area contributed by atoms with E-state index in [9.17, 15) is 4.79 Å². The highest BCUT2D eigenvalue weighted by Crippen LogP contribution is 2.26. The Balaban J connectivity index is 2.02. The molecule has 0 atom stereocenters. The number of rotatable bonds is 5. The van der Waals surface area contributed by atoms with Crippen LogP contribution >= 0.6 is 11.3 Å². The summed E-state index contributed by atoms with van der Waals surface area (Å²) in [5.41, 5.74) is 11.7. The summed E-state index contributed by atoms with van der Waals surface area (Å²) < 4.78 is 0. The van der Waals surface area contributed by atoms with E-state index >= 15 is 0 Å². The number of amides is 1. The molecule has 0 unspecified atom stereocenters. The number of nitrogens with zero attached hydrogens (tertiary/aromatic N) is 1. The molecule has 1 saturated carbocycles. The Morgan fingerprint density at radius 3 is 2.85 bits per heavy atom. The first-order valence-electron chi connectivity index (χ1n) is 6.97. The van der Waals surface area contributed by atoms with Crippen LogP contribution in [0.3, 0.4) is 0 Å². The van der Waals surface area contributed by atoms with Gasteiger partial charge in [0.15, 0.2) is 0 Å². The summed E-state index contributed by atoms with van der Waals surface area (Å²) in [6.45, 7) is 1.50. The summed E-state index contributed by atoms with van der Waals surface area (Å²) in [7, 11) is 0. The van der Waals surface area contributed by atoms with Crippen molar-refractivity contribution < 1.29 is 4.79 Å². The average molecular weight is 291 g/mol. The second-order valence-corrected chi connectivity index (χ2v) is 6.11. The number of hydrogen-bond donors (Lipinski definition) is 2. The maximum Gasteiger partial charge on any atom is 0.231 e. The lowest BCUT2D eigenvalue weighted by Gasteiger charge is -2.26. The molecule has 4 N–H and O–H groups in total. The van der Waals surface area contributed by atoms with Gasteiger partial charge in [0.2, 0.25) is 5.91 Å². The quantitative estimate of drug-likeness (QED) is 0.803. The molecule has 0 radical (unpaired) electrons. The van der Waals surface area contributed by atoms with Crippen molar-refractivity contribution in [2.75, 3.05) is 13.1 Å². The number of hydrogen-bond acceptors (Lipinski definition) is 4. The molecule has 0 bridgehead atoms. The number of carbonyl (C=O) groups is 1. The molecule has 1 aliphatic carbocycles. The van der Waals surface area contributed by atoms with Gasteiger partial charge in [0.25, 0.3) is 0 Å². The highest BCUT2D eigenvalue weighted by molar-refractivity contribution is 7.10. The minimum absolute atomic E-state index is 0.253. The number of thiophene rings is 1. The normalized spacial score (nSPS) is 15.3. The van der Waals surface area contributed by atoms with Crippen molar-refractivity contribution in [1.29, 1.82) is 0 Å². The fraction of sp³-hybridized carbons (Fsp3) is 0.533. The van der Waals surface area contributed by atoms with Gasteiger partial charge in [-0.25, -0.2) is 0 Å². The summed E-state index contributed by atoms with van der Waals surface area (Å²) in [4.78, 5) is 14.7. The summed E-state index contributed by atoms with van der Waals surface area (Å²) in [6.07, 6.45) is 4.83. The van der Waals surface area contributed by atoms with Crippen molar-refractivity contribution in [1.82, 2.24) is 4.90 Å². The zero-order valence-electron chi connectivity index (χ0n) is 11.6. The van der Waals surface area contributed by atoms with E-state index in [1.807, 2.05) is 5.38 Å². The molecule has 0 spiro atoms. The van der Waals surface area contributed by atoms with Crippen molar-refractivity contribution in [3.8, 4) is 11.8 Å². The van der Waals surface area contributed by atoms with Crippen molar-refractivity contribution in [2.24, 2.45) is 11.5 Å². The van der Waals surface area contributed by atoms with Crippen LogP contribution in [0.4, 0.5) is 0 Å². The van der Waals surface area contributed by atoms with Gasteiger partial charge in [-0.2, -0.15) is 0 Å². The molecule has 4 nitrogen and oxygen atoms in total. The first kappa shape index (κ1) is 15.0. The molecule has 1 aliphatic rings. The Kier molecular flexibility index (Phi) is 5.60. The summed E-state index contributed by atoms with van der Waals surface area (Å²) in [5, 5.41) is 2.04. The van der Waals surface area contributed by atoms with Gasteiger partial charge >= 0.3 is 0 Å². The first-order valence-corrected chi connectivity index (χ1v) is 7.85. The summed E-state index contributed by atoms with van der Waals surface area (Å²) in [5.74, 6) is 5.64. The maximum atomic E-state index is 11.3. The molecule has 1 aromatic heterocycles. The van der Waals surface area contributed by atoms with Gasteiger partial charge < -0.3 is 11.5 Å². The van der Waals surface area contributed by atoms with Crippen LogP contribution in [0.15, 0.2) is 11.4 Å². The third kappa shape index (κ3) is 4.34. The molecule has 20 heavy (non-hydrogen) atoms. The zero-order valence-corrected chi connectivity index (χ0v) is 12.4. The van der Waals surface area contributed by atoms with E-state index in [1.165, 1.54) is 30.6 Å². The van der Waals surface area contributed by atoms with Crippen LogP contribution < -0.4 is 11.5 Å². The molecule has 0 aromatic carbocycles. The predicted molar refractivity (Wildman–Crippen MR) is 82.1 cm³/mol. The van der Waals surface area contributed by atoms with Crippen molar-refractivity contribution in [3.63, 3.8) is 0 Å². The van der Waals surface area contributed by atoms with Crippen LogP contribution in [0.1, 0.15) is 36.1 Å². The zero-order chi connectivity index (χ0) is 14.4. The Morgan fingerprint density at radius 1 is 1.45 bits per heavy atom. The van der Waals surface area contributed by atoms with Crippen LogP contribution in [0, 0.1) is 11.8 Å². The highest BCUT2D eigenvalue weighted by Gasteiger charge is 2.24. The van der Waals surface area contributed by atoms with E-state index in [0.717, 1.165) is 12.1 Å². The molecule has 1 fully saturated rings. The van der Waals surface area contributed by atoms with Crippen LogP contribution in [0.2, 0.25) is 0 Å². The van der Waals surface area contributed by atoms with Gasteiger partial charge in [-0.05, 0) is 18.9 Å². The fourth-order valence-corrected chi connectivity index (χ4v) is 3.51. The molecule has 2 rings (SSSR count). The molecular weight excluding hydrogens is 270 g/mol. The molecule has 5 heteroatoms. The van der Waals surface area contributed by atoms with E-state index in [4.69, 9.17) is 11.5 Å². The average Bonchev–Trinajstić information content (AvgIpc) is 3.06. The lowest BCUT2D eigenvalue weighted by atomic mass is 10.2. The lowest BCUT2D eigenvalue weighted by molar-refractivity contribution is -0.119. The Hall–Kier alpha value is -1.35. The van der Waals surface area contributed by atoms with Crippen LogP contribution in [0.5, 0.6) is 0 Å². The SMILES string of the molecule is NCC#Cc1csc(CN(CC(N)=O)C2CCCC2)c1. The second-order valence-electron chi connectivity index (χ2n) is 5.12. The Bertz CT molecular complexity index is 509. The fourth-order valence-electron chi connectivity index (χ4n) is 2.67. The van der Waals surface area contributed by atoms with E-state index in [-0.39, 0.29) is 5.91 Å². The van der Waals surface area contributed by atoms with Gasteiger partial charge in [-0.1, -0.05) is 24.7 Å².